The number of hydrogen-bond donors (Lipinski definition) is 0. The van der Waals surface area contributed by atoms with Crippen LogP contribution in [0.2, 0.25) is 0 Å². The first-order valence-corrected chi connectivity index (χ1v) is 13.1. The minimum atomic E-state index is 0.445. The van der Waals surface area contributed by atoms with Gasteiger partial charge in [-0.15, -0.1) is 5.10 Å². The molecule has 6 aromatic rings. The van der Waals surface area contributed by atoms with Gasteiger partial charge in [0.25, 0.3) is 0 Å². The van der Waals surface area contributed by atoms with Crippen LogP contribution in [0.5, 0.6) is 11.5 Å². The van der Waals surface area contributed by atoms with E-state index in [1.807, 2.05) is 91.3 Å². The summed E-state index contributed by atoms with van der Waals surface area (Å²) in [6, 6.07) is 26.0. The van der Waals surface area contributed by atoms with Crippen molar-refractivity contribution in [3.8, 4) is 23.0 Å². The lowest BCUT2D eigenvalue weighted by Crippen LogP contribution is -1.98. The lowest BCUT2D eigenvalue weighted by atomic mass is 10.2. The molecule has 0 saturated carbocycles. The number of benzene rings is 3. The van der Waals surface area contributed by atoms with Crippen LogP contribution in [-0.2, 0) is 13.2 Å². The molecule has 0 fully saturated rings. The van der Waals surface area contributed by atoms with E-state index in [1.54, 1.807) is 27.6 Å². The molecule has 0 radical (unpaired) electrons. The van der Waals surface area contributed by atoms with Gasteiger partial charge in [0.15, 0.2) is 10.1 Å². The van der Waals surface area contributed by atoms with Gasteiger partial charge in [-0.3, -0.25) is 0 Å². The normalized spacial score (nSPS) is 11.3. The van der Waals surface area contributed by atoms with E-state index >= 15 is 0 Å². The predicted octanol–water partition coefficient (Wildman–Crippen LogP) is 7.08. The summed E-state index contributed by atoms with van der Waals surface area (Å²) in [4.78, 5) is 5.54. The Morgan fingerprint density at radius 2 is 1.63 bits per heavy atom. The van der Waals surface area contributed by atoms with E-state index in [1.165, 1.54) is 0 Å². The quantitative estimate of drug-likeness (QED) is 0.209. The molecule has 8 heteroatoms. The van der Waals surface area contributed by atoms with Gasteiger partial charge >= 0.3 is 0 Å². The highest BCUT2D eigenvalue weighted by molar-refractivity contribution is 8.00. The fourth-order valence-electron chi connectivity index (χ4n) is 3.77. The van der Waals surface area contributed by atoms with Gasteiger partial charge in [0.2, 0.25) is 4.96 Å². The van der Waals surface area contributed by atoms with Crippen molar-refractivity contribution >= 4 is 39.0 Å². The molecule has 174 valence electrons. The van der Waals surface area contributed by atoms with Crippen molar-refractivity contribution in [3.63, 3.8) is 0 Å². The van der Waals surface area contributed by atoms with Crippen LogP contribution < -0.4 is 9.47 Å². The van der Waals surface area contributed by atoms with Crippen LogP contribution in [0.25, 0.3) is 27.4 Å². The molecule has 0 amide bonds. The number of ether oxygens (including phenoxy) is 2. The average molecular weight is 500 g/mol. The molecule has 6 rings (SSSR count). The van der Waals surface area contributed by atoms with Crippen molar-refractivity contribution < 1.29 is 13.9 Å². The summed E-state index contributed by atoms with van der Waals surface area (Å²) in [5.41, 5.74) is 3.59. The first-order chi connectivity index (χ1) is 17.2. The number of nitrogens with zero attached hydrogens (tertiary/aromatic N) is 3. The highest BCUT2D eigenvalue weighted by Crippen LogP contribution is 2.38. The summed E-state index contributed by atoms with van der Waals surface area (Å²) < 4.78 is 21.3. The molecule has 6 nitrogen and oxygen atoms in total. The van der Waals surface area contributed by atoms with Crippen molar-refractivity contribution in [1.29, 1.82) is 0 Å². The number of furan rings is 1. The fourth-order valence-corrected chi connectivity index (χ4v) is 5.11. The van der Waals surface area contributed by atoms with E-state index in [-0.39, 0.29) is 0 Å². The third kappa shape index (κ3) is 4.62. The number of fused-ring (bicyclic) bond motifs is 2. The molecule has 0 saturated heterocycles. The third-order valence-electron chi connectivity index (χ3n) is 5.51. The zero-order chi connectivity index (χ0) is 23.6. The van der Waals surface area contributed by atoms with Gasteiger partial charge in [-0.2, -0.15) is 0 Å². The molecule has 35 heavy (non-hydrogen) atoms. The minimum Gasteiger partial charge on any atom is -0.489 e. The minimum absolute atomic E-state index is 0.445. The van der Waals surface area contributed by atoms with Gasteiger partial charge in [-0.05, 0) is 23.4 Å². The van der Waals surface area contributed by atoms with Crippen LogP contribution in [-0.4, -0.2) is 20.9 Å². The maximum atomic E-state index is 6.24. The van der Waals surface area contributed by atoms with E-state index in [9.17, 15) is 0 Å². The molecule has 3 aromatic carbocycles. The van der Waals surface area contributed by atoms with Crippen molar-refractivity contribution in [2.45, 2.75) is 17.6 Å². The van der Waals surface area contributed by atoms with Crippen molar-refractivity contribution in [3.05, 3.63) is 96.2 Å². The highest BCUT2D eigenvalue weighted by atomic mass is 32.2. The molecule has 0 spiro atoms. The summed E-state index contributed by atoms with van der Waals surface area (Å²) in [5, 5.41) is 5.40. The Morgan fingerprint density at radius 3 is 2.31 bits per heavy atom. The van der Waals surface area contributed by atoms with Gasteiger partial charge in [-0.25, -0.2) is 9.50 Å². The Kier molecular flexibility index (Phi) is 5.89. The zero-order valence-electron chi connectivity index (χ0n) is 18.9. The van der Waals surface area contributed by atoms with Crippen molar-refractivity contribution in [2.75, 3.05) is 6.26 Å². The molecule has 0 bridgehead atoms. The number of rotatable bonds is 8. The molecule has 0 aliphatic carbocycles. The van der Waals surface area contributed by atoms with Crippen molar-refractivity contribution in [1.82, 2.24) is 14.6 Å². The average Bonchev–Trinajstić information content (AvgIpc) is 3.60. The van der Waals surface area contributed by atoms with Crippen LogP contribution >= 0.6 is 23.1 Å². The Labute approximate surface area is 210 Å². The maximum absolute atomic E-state index is 6.24. The predicted molar refractivity (Wildman–Crippen MR) is 139 cm³/mol. The smallest absolute Gasteiger partial charge is 0.213 e. The van der Waals surface area contributed by atoms with Gasteiger partial charge in [-0.1, -0.05) is 83.8 Å². The number of imidazole rings is 1. The molecule has 0 N–H and O–H groups in total. The number of thioether (sulfide) groups is 1. The van der Waals surface area contributed by atoms with Crippen LogP contribution in [0.1, 0.15) is 11.1 Å². The molecular weight excluding hydrogens is 478 g/mol. The lowest BCUT2D eigenvalue weighted by Gasteiger charge is -2.11. The maximum Gasteiger partial charge on any atom is 0.213 e. The van der Waals surface area contributed by atoms with Crippen LogP contribution in [0.3, 0.4) is 0 Å². The number of aromatic nitrogens is 3. The van der Waals surface area contributed by atoms with Gasteiger partial charge in [0.05, 0.1) is 11.6 Å². The largest absolute Gasteiger partial charge is 0.489 e. The topological polar surface area (TPSA) is 61.8 Å². The Balaban J connectivity index is 1.35. The Morgan fingerprint density at radius 1 is 0.914 bits per heavy atom. The van der Waals surface area contributed by atoms with Gasteiger partial charge < -0.3 is 13.9 Å². The lowest BCUT2D eigenvalue weighted by molar-refractivity contribution is 0.292. The second kappa shape index (κ2) is 9.48. The molecule has 3 heterocycles. The molecule has 3 aromatic heterocycles. The Bertz CT molecular complexity index is 1560. The van der Waals surface area contributed by atoms with E-state index in [4.69, 9.17) is 18.9 Å². The molecule has 0 aliphatic rings. The van der Waals surface area contributed by atoms with Crippen molar-refractivity contribution in [2.24, 2.45) is 0 Å². The summed E-state index contributed by atoms with van der Waals surface area (Å²) in [5.74, 6) is 2.05. The molecular formula is C27H21N3O3S2. The summed E-state index contributed by atoms with van der Waals surface area (Å²) >= 11 is 3.16. The zero-order valence-corrected chi connectivity index (χ0v) is 20.5. The SMILES string of the molecule is CSc1nn2cc(-c3cc4c(OCc5ccccc5)cc(OCc5ccccc5)cc4o3)nc2s1. The van der Waals surface area contributed by atoms with E-state index in [2.05, 4.69) is 5.10 Å². The molecule has 0 unspecified atom stereocenters. The summed E-state index contributed by atoms with van der Waals surface area (Å²) in [6.45, 7) is 0.902. The third-order valence-corrected chi connectivity index (χ3v) is 7.41. The van der Waals surface area contributed by atoms with Gasteiger partial charge in [0.1, 0.15) is 36.0 Å². The van der Waals surface area contributed by atoms with Crippen LogP contribution in [0.4, 0.5) is 0 Å². The monoisotopic (exact) mass is 499 g/mol. The first-order valence-electron chi connectivity index (χ1n) is 11.1. The molecule has 0 atom stereocenters. The Hall–Kier alpha value is -3.75. The number of hydrogen-bond acceptors (Lipinski definition) is 7. The fraction of sp³-hybridized carbons (Fsp3) is 0.111. The summed E-state index contributed by atoms with van der Waals surface area (Å²) in [7, 11) is 0. The standard InChI is InChI=1S/C27H21N3O3S2/c1-34-27-29-30-15-22(28-26(30)35-27)25-14-21-23(32-17-19-10-6-3-7-11-19)12-20(13-24(21)33-25)31-16-18-8-4-2-5-9-18/h2-15H,16-17H2,1H3. The van der Waals surface area contributed by atoms with Crippen LogP contribution in [0.15, 0.2) is 93.8 Å². The van der Waals surface area contributed by atoms with E-state index in [0.29, 0.717) is 36.1 Å². The summed E-state index contributed by atoms with van der Waals surface area (Å²) in [6.07, 6.45) is 3.90. The highest BCUT2D eigenvalue weighted by Gasteiger charge is 2.17. The van der Waals surface area contributed by atoms with Crippen LogP contribution in [0, 0.1) is 0 Å². The first kappa shape index (κ1) is 21.8. The van der Waals surface area contributed by atoms with E-state index in [0.717, 1.165) is 31.5 Å². The second-order valence-corrected chi connectivity index (χ2v) is 9.93. The van der Waals surface area contributed by atoms with E-state index < -0.39 is 0 Å². The second-order valence-electron chi connectivity index (χ2n) is 7.92. The van der Waals surface area contributed by atoms with Gasteiger partial charge in [0, 0.05) is 12.1 Å². The molecule has 0 aliphatic heterocycles.